The standard InChI is InChI=1S/C32H37FN2O4S.C2H6.H2/c1-5-22(18-23-10-16-28(17-11-23)40(38,39)35-31(2,3)4)19-29(36)32(20-25-8-6-7-9-26(25)21-32)34-30(37)24-12-14-27(33)15-13-24;1-2;/h6-17,22,35H,5,18-21H2,1-4H3,(H,34,37);1-2H3;1H. The largest absolute Gasteiger partial charge is 0.339 e. The van der Waals surface area contributed by atoms with Crippen molar-refractivity contribution in [1.82, 2.24) is 10.0 Å². The molecule has 228 valence electrons. The Bertz CT molecular complexity index is 1460. The maximum absolute atomic E-state index is 14.0. The zero-order valence-corrected chi connectivity index (χ0v) is 26.3. The van der Waals surface area contributed by atoms with Crippen molar-refractivity contribution in [3.05, 3.63) is 101 Å². The van der Waals surface area contributed by atoms with Crippen molar-refractivity contribution in [2.75, 3.05) is 0 Å². The first kappa shape index (κ1) is 33.1. The molecule has 8 heteroatoms. The number of amides is 1. The van der Waals surface area contributed by atoms with Gasteiger partial charge in [-0.1, -0.05) is 63.6 Å². The lowest BCUT2D eigenvalue weighted by Crippen LogP contribution is -2.56. The number of Topliss-reactive ketones (excluding diaryl/α,β-unsaturated/α-hetero) is 1. The highest BCUT2D eigenvalue weighted by Gasteiger charge is 2.45. The summed E-state index contributed by atoms with van der Waals surface area (Å²) >= 11 is 0. The highest BCUT2D eigenvalue weighted by Crippen LogP contribution is 2.34. The minimum atomic E-state index is -3.64. The van der Waals surface area contributed by atoms with Gasteiger partial charge in [0.2, 0.25) is 10.0 Å². The van der Waals surface area contributed by atoms with Crippen molar-refractivity contribution < 1.29 is 23.8 Å². The minimum absolute atomic E-state index is 0. The zero-order valence-electron chi connectivity index (χ0n) is 25.5. The van der Waals surface area contributed by atoms with E-state index in [0.717, 1.165) is 23.1 Å². The van der Waals surface area contributed by atoms with Gasteiger partial charge in [0.15, 0.2) is 5.78 Å². The first-order valence-electron chi connectivity index (χ1n) is 14.6. The lowest BCUT2D eigenvalue weighted by Gasteiger charge is -2.31. The molecular formula is C34H45FN2O4S. The SMILES string of the molecule is CC.CCC(CC(=O)C1(NC(=O)c2ccc(F)cc2)Cc2ccccc2C1)Cc1ccc(S(=O)(=O)NC(C)(C)C)cc1.[HH]. The lowest BCUT2D eigenvalue weighted by atomic mass is 9.82. The van der Waals surface area contributed by atoms with Gasteiger partial charge < -0.3 is 5.32 Å². The van der Waals surface area contributed by atoms with Gasteiger partial charge in [-0.05, 0) is 86.2 Å². The van der Waals surface area contributed by atoms with E-state index in [4.69, 9.17) is 0 Å². The van der Waals surface area contributed by atoms with Gasteiger partial charge >= 0.3 is 0 Å². The maximum atomic E-state index is 14.0. The molecule has 0 spiro atoms. The second-order valence-electron chi connectivity index (χ2n) is 11.8. The molecule has 1 aliphatic rings. The summed E-state index contributed by atoms with van der Waals surface area (Å²) in [5.41, 5.74) is 1.63. The second-order valence-corrected chi connectivity index (χ2v) is 13.5. The van der Waals surface area contributed by atoms with Crippen molar-refractivity contribution in [2.45, 2.75) is 89.6 Å². The van der Waals surface area contributed by atoms with E-state index in [9.17, 15) is 22.4 Å². The van der Waals surface area contributed by atoms with E-state index in [1.807, 2.05) is 45.0 Å². The number of hydrogen-bond donors (Lipinski definition) is 2. The van der Waals surface area contributed by atoms with Crippen molar-refractivity contribution in [1.29, 1.82) is 0 Å². The zero-order chi connectivity index (χ0) is 31.1. The van der Waals surface area contributed by atoms with Crippen LogP contribution in [0.15, 0.2) is 77.7 Å². The Morgan fingerprint density at radius 3 is 1.98 bits per heavy atom. The summed E-state index contributed by atoms with van der Waals surface area (Å²) in [6, 6.07) is 19.9. The van der Waals surface area contributed by atoms with Crippen LogP contribution in [0.1, 0.15) is 82.9 Å². The van der Waals surface area contributed by atoms with Crippen LogP contribution in [0.25, 0.3) is 0 Å². The second kappa shape index (κ2) is 13.7. The van der Waals surface area contributed by atoms with Gasteiger partial charge in [0, 0.05) is 31.8 Å². The first-order chi connectivity index (χ1) is 19.8. The van der Waals surface area contributed by atoms with Crippen molar-refractivity contribution in [3.8, 4) is 0 Å². The molecular weight excluding hydrogens is 551 g/mol. The molecule has 0 saturated heterocycles. The smallest absolute Gasteiger partial charge is 0.252 e. The van der Waals surface area contributed by atoms with E-state index in [-0.39, 0.29) is 24.4 Å². The van der Waals surface area contributed by atoms with Crippen LogP contribution in [-0.2, 0) is 34.1 Å². The summed E-state index contributed by atoms with van der Waals surface area (Å²) in [6.07, 6.45) is 2.41. The Kier molecular flexibility index (Phi) is 10.8. The molecule has 0 radical (unpaired) electrons. The van der Waals surface area contributed by atoms with Crippen molar-refractivity contribution in [2.24, 2.45) is 5.92 Å². The molecule has 4 rings (SSSR count). The third-order valence-electron chi connectivity index (χ3n) is 7.35. The Morgan fingerprint density at radius 1 is 0.929 bits per heavy atom. The summed E-state index contributed by atoms with van der Waals surface area (Å²) in [5, 5.41) is 3.03. The predicted molar refractivity (Wildman–Crippen MR) is 168 cm³/mol. The van der Waals surface area contributed by atoms with Crippen molar-refractivity contribution in [3.63, 3.8) is 0 Å². The predicted octanol–water partition coefficient (Wildman–Crippen LogP) is 6.67. The van der Waals surface area contributed by atoms with Crippen LogP contribution in [-0.4, -0.2) is 31.2 Å². The number of halogens is 1. The van der Waals surface area contributed by atoms with E-state index < -0.39 is 32.8 Å². The Labute approximate surface area is 251 Å². The van der Waals surface area contributed by atoms with E-state index in [1.54, 1.807) is 45.0 Å². The molecule has 6 nitrogen and oxygen atoms in total. The van der Waals surface area contributed by atoms with Gasteiger partial charge in [-0.25, -0.2) is 17.5 Å². The highest BCUT2D eigenvalue weighted by molar-refractivity contribution is 7.89. The maximum Gasteiger partial charge on any atom is 0.252 e. The Balaban J connectivity index is 0.00000211. The van der Waals surface area contributed by atoms with E-state index in [2.05, 4.69) is 10.0 Å². The summed E-state index contributed by atoms with van der Waals surface area (Å²) < 4.78 is 41.4. The van der Waals surface area contributed by atoms with Crippen LogP contribution in [0.2, 0.25) is 0 Å². The number of hydrogen-bond acceptors (Lipinski definition) is 4. The quantitative estimate of drug-likeness (QED) is 0.273. The number of sulfonamides is 1. The third kappa shape index (κ3) is 8.35. The number of carbonyl (C=O) groups is 2. The van der Waals surface area contributed by atoms with Gasteiger partial charge in [0.25, 0.3) is 5.91 Å². The van der Waals surface area contributed by atoms with Gasteiger partial charge in [-0.3, -0.25) is 9.59 Å². The molecule has 0 fully saturated rings. The van der Waals surface area contributed by atoms with Gasteiger partial charge in [0.1, 0.15) is 11.4 Å². The number of nitrogens with one attached hydrogen (secondary N) is 2. The molecule has 0 aromatic heterocycles. The fraction of sp³-hybridized carbons (Fsp3) is 0.412. The van der Waals surface area contributed by atoms with Crippen LogP contribution in [0.5, 0.6) is 0 Å². The Hall–Kier alpha value is -3.36. The molecule has 42 heavy (non-hydrogen) atoms. The minimum Gasteiger partial charge on any atom is -0.339 e. The molecule has 0 bridgehead atoms. The van der Waals surface area contributed by atoms with E-state index in [1.165, 1.54) is 24.3 Å². The molecule has 1 atom stereocenters. The molecule has 1 amide bonds. The first-order valence-corrected chi connectivity index (χ1v) is 16.1. The molecule has 3 aromatic rings. The molecule has 1 aliphatic carbocycles. The monoisotopic (exact) mass is 596 g/mol. The summed E-state index contributed by atoms with van der Waals surface area (Å²) in [6.45, 7) is 11.4. The van der Waals surface area contributed by atoms with Gasteiger partial charge in [0.05, 0.1) is 4.90 Å². The molecule has 2 N–H and O–H groups in total. The number of fused-ring (bicyclic) bond motifs is 1. The number of carbonyl (C=O) groups excluding carboxylic acids is 2. The topological polar surface area (TPSA) is 92.3 Å². The summed E-state index contributed by atoms with van der Waals surface area (Å²) in [7, 11) is -3.64. The molecule has 0 saturated carbocycles. The number of ketones is 1. The summed E-state index contributed by atoms with van der Waals surface area (Å²) in [4.78, 5) is 27.3. The third-order valence-corrected chi connectivity index (χ3v) is 9.12. The highest BCUT2D eigenvalue weighted by atomic mass is 32.2. The molecule has 1 unspecified atom stereocenters. The van der Waals surface area contributed by atoms with Crippen LogP contribution < -0.4 is 10.0 Å². The van der Waals surface area contributed by atoms with Crippen LogP contribution in [0.3, 0.4) is 0 Å². The molecule has 3 aromatic carbocycles. The van der Waals surface area contributed by atoms with Crippen LogP contribution >= 0.6 is 0 Å². The van der Waals surface area contributed by atoms with Crippen LogP contribution in [0, 0.1) is 11.7 Å². The fourth-order valence-corrected chi connectivity index (χ4v) is 6.70. The average molecular weight is 597 g/mol. The summed E-state index contributed by atoms with van der Waals surface area (Å²) in [5.74, 6) is -0.877. The molecule has 0 aliphatic heterocycles. The average Bonchev–Trinajstić information content (AvgIpc) is 3.32. The number of benzene rings is 3. The lowest BCUT2D eigenvalue weighted by molar-refractivity contribution is -0.125. The van der Waals surface area contributed by atoms with Crippen LogP contribution in [0.4, 0.5) is 4.39 Å². The van der Waals surface area contributed by atoms with E-state index >= 15 is 0 Å². The Morgan fingerprint density at radius 2 is 1.48 bits per heavy atom. The normalized spacial score (nSPS) is 14.7. The van der Waals surface area contributed by atoms with E-state index in [0.29, 0.717) is 24.8 Å². The molecule has 0 heterocycles. The van der Waals surface area contributed by atoms with Gasteiger partial charge in [-0.15, -0.1) is 0 Å². The van der Waals surface area contributed by atoms with Gasteiger partial charge in [-0.2, -0.15) is 0 Å². The number of rotatable bonds is 10. The fourth-order valence-electron chi connectivity index (χ4n) is 5.28. The van der Waals surface area contributed by atoms with Crippen molar-refractivity contribution >= 4 is 21.7 Å².